The minimum absolute atomic E-state index is 0.225. The standard InChI is InChI=1S/C15H30N6O5S/c22-11-13(23)10-16-6-3-1-2-4-7-17-14-19-12-20-15(21-14)18-8-5-9-27(24,25)26/h12-13,16,22-23H,1-11H2,(H,24,25,26)(H2,17,18,19,20,21). The number of hydrogen-bond acceptors (Lipinski definition) is 10. The molecule has 0 aliphatic heterocycles. The highest BCUT2D eigenvalue weighted by Crippen LogP contribution is 2.04. The van der Waals surface area contributed by atoms with Crippen molar-refractivity contribution in [3.8, 4) is 0 Å². The zero-order chi connectivity index (χ0) is 20.0. The Labute approximate surface area is 159 Å². The number of unbranched alkanes of at least 4 members (excludes halogenated alkanes) is 3. The van der Waals surface area contributed by atoms with Gasteiger partial charge in [0.2, 0.25) is 11.9 Å². The van der Waals surface area contributed by atoms with Gasteiger partial charge in [0.25, 0.3) is 10.1 Å². The first-order chi connectivity index (χ1) is 12.9. The minimum Gasteiger partial charge on any atom is -0.394 e. The zero-order valence-corrected chi connectivity index (χ0v) is 16.2. The highest BCUT2D eigenvalue weighted by Gasteiger charge is 2.05. The van der Waals surface area contributed by atoms with Gasteiger partial charge >= 0.3 is 0 Å². The van der Waals surface area contributed by atoms with Crippen LogP contribution in [0, 0.1) is 0 Å². The first-order valence-electron chi connectivity index (χ1n) is 9.02. The predicted molar refractivity (Wildman–Crippen MR) is 102 cm³/mol. The molecule has 1 heterocycles. The van der Waals surface area contributed by atoms with Crippen molar-refractivity contribution in [3.63, 3.8) is 0 Å². The Bertz CT molecular complexity index is 618. The van der Waals surface area contributed by atoms with Gasteiger partial charge in [-0.05, 0) is 25.8 Å². The van der Waals surface area contributed by atoms with Crippen LogP contribution in [-0.4, -0.2) is 82.8 Å². The second kappa shape index (κ2) is 13.6. The summed E-state index contributed by atoms with van der Waals surface area (Å²) in [7, 11) is -3.95. The van der Waals surface area contributed by atoms with E-state index in [1.807, 2.05) is 0 Å². The third-order valence-electron chi connectivity index (χ3n) is 3.59. The van der Waals surface area contributed by atoms with Crippen LogP contribution in [0.4, 0.5) is 11.9 Å². The first-order valence-corrected chi connectivity index (χ1v) is 10.6. The Kier molecular flexibility index (Phi) is 11.8. The molecule has 0 amide bonds. The molecule has 27 heavy (non-hydrogen) atoms. The van der Waals surface area contributed by atoms with Gasteiger partial charge < -0.3 is 26.2 Å². The van der Waals surface area contributed by atoms with E-state index in [2.05, 4.69) is 30.9 Å². The Hall–Kier alpha value is -1.60. The first kappa shape index (κ1) is 23.4. The number of nitrogens with one attached hydrogen (secondary N) is 3. The number of rotatable bonds is 16. The van der Waals surface area contributed by atoms with Crippen LogP contribution in [0.5, 0.6) is 0 Å². The molecular weight excluding hydrogens is 376 g/mol. The molecule has 0 fully saturated rings. The molecule has 0 radical (unpaired) electrons. The van der Waals surface area contributed by atoms with Crippen LogP contribution in [0.25, 0.3) is 0 Å². The lowest BCUT2D eigenvalue weighted by molar-refractivity contribution is 0.0945. The molecule has 1 atom stereocenters. The molecule has 0 spiro atoms. The van der Waals surface area contributed by atoms with Gasteiger partial charge in [-0.25, -0.2) is 9.97 Å². The van der Waals surface area contributed by atoms with Crippen LogP contribution in [0.15, 0.2) is 6.33 Å². The van der Waals surface area contributed by atoms with Crippen molar-refractivity contribution in [1.29, 1.82) is 0 Å². The summed E-state index contributed by atoms with van der Waals surface area (Å²) in [5.74, 6) is 0.481. The molecule has 0 saturated carbocycles. The zero-order valence-electron chi connectivity index (χ0n) is 15.3. The molecule has 156 valence electrons. The van der Waals surface area contributed by atoms with Crippen LogP contribution in [0.3, 0.4) is 0 Å². The second-order valence-electron chi connectivity index (χ2n) is 6.08. The van der Waals surface area contributed by atoms with E-state index in [-0.39, 0.29) is 18.8 Å². The Morgan fingerprint density at radius 1 is 0.963 bits per heavy atom. The van der Waals surface area contributed by atoms with E-state index < -0.39 is 16.2 Å². The van der Waals surface area contributed by atoms with Gasteiger partial charge in [-0.1, -0.05) is 12.8 Å². The third-order valence-corrected chi connectivity index (χ3v) is 4.39. The van der Waals surface area contributed by atoms with E-state index in [9.17, 15) is 13.5 Å². The van der Waals surface area contributed by atoms with Crippen LogP contribution in [-0.2, 0) is 10.1 Å². The Morgan fingerprint density at radius 2 is 1.56 bits per heavy atom. The van der Waals surface area contributed by atoms with Crippen molar-refractivity contribution in [3.05, 3.63) is 6.33 Å². The van der Waals surface area contributed by atoms with E-state index in [0.29, 0.717) is 25.0 Å². The number of anilines is 2. The number of aliphatic hydroxyl groups excluding tert-OH is 2. The lowest BCUT2D eigenvalue weighted by Crippen LogP contribution is -2.29. The number of aromatic nitrogens is 3. The fourth-order valence-electron chi connectivity index (χ4n) is 2.18. The minimum atomic E-state index is -3.95. The summed E-state index contributed by atoms with van der Waals surface area (Å²) in [6.07, 6.45) is 4.99. The highest BCUT2D eigenvalue weighted by atomic mass is 32.2. The van der Waals surface area contributed by atoms with Gasteiger partial charge in [0, 0.05) is 19.6 Å². The number of aliphatic hydroxyl groups is 2. The largest absolute Gasteiger partial charge is 0.394 e. The van der Waals surface area contributed by atoms with Gasteiger partial charge in [0.1, 0.15) is 6.33 Å². The Balaban J connectivity index is 2.08. The van der Waals surface area contributed by atoms with E-state index in [1.165, 1.54) is 6.33 Å². The topological polar surface area (TPSA) is 170 Å². The average molecular weight is 407 g/mol. The van der Waals surface area contributed by atoms with Crippen LogP contribution in [0.1, 0.15) is 32.1 Å². The second-order valence-corrected chi connectivity index (χ2v) is 7.65. The normalized spacial score (nSPS) is 12.7. The summed E-state index contributed by atoms with van der Waals surface area (Å²) in [6.45, 7) is 2.04. The predicted octanol–water partition coefficient (Wildman–Crippen LogP) is -0.523. The molecule has 0 saturated heterocycles. The molecule has 0 aromatic carbocycles. The van der Waals surface area contributed by atoms with Crippen molar-refractivity contribution < 1.29 is 23.2 Å². The third kappa shape index (κ3) is 13.2. The molecule has 12 heteroatoms. The number of hydrogen-bond donors (Lipinski definition) is 6. The quantitative estimate of drug-likeness (QED) is 0.154. The summed E-state index contributed by atoms with van der Waals surface area (Å²) in [5, 5.41) is 26.9. The van der Waals surface area contributed by atoms with E-state index in [1.54, 1.807) is 0 Å². The molecule has 11 nitrogen and oxygen atoms in total. The fraction of sp³-hybridized carbons (Fsp3) is 0.800. The van der Waals surface area contributed by atoms with Gasteiger partial charge in [0.15, 0.2) is 0 Å². The summed E-state index contributed by atoms with van der Waals surface area (Å²) >= 11 is 0. The smallest absolute Gasteiger partial charge is 0.264 e. The number of nitrogens with zero attached hydrogens (tertiary/aromatic N) is 3. The van der Waals surface area contributed by atoms with Crippen molar-refractivity contribution in [2.45, 2.75) is 38.2 Å². The molecule has 0 aliphatic carbocycles. The molecule has 1 aromatic heterocycles. The van der Waals surface area contributed by atoms with Crippen LogP contribution in [0.2, 0.25) is 0 Å². The van der Waals surface area contributed by atoms with Crippen LogP contribution < -0.4 is 16.0 Å². The molecule has 1 unspecified atom stereocenters. The molecule has 0 bridgehead atoms. The maximum Gasteiger partial charge on any atom is 0.264 e. The van der Waals surface area contributed by atoms with Gasteiger partial charge in [-0.3, -0.25) is 4.55 Å². The maximum atomic E-state index is 10.6. The molecule has 0 aliphatic rings. The highest BCUT2D eigenvalue weighted by molar-refractivity contribution is 7.85. The van der Waals surface area contributed by atoms with Gasteiger partial charge in [-0.15, -0.1) is 0 Å². The fourth-order valence-corrected chi connectivity index (χ4v) is 2.69. The van der Waals surface area contributed by atoms with Crippen LogP contribution >= 0.6 is 0 Å². The van der Waals surface area contributed by atoms with Crippen molar-refractivity contribution in [2.24, 2.45) is 0 Å². The van der Waals surface area contributed by atoms with Crippen molar-refractivity contribution in [2.75, 3.05) is 49.2 Å². The summed E-state index contributed by atoms with van der Waals surface area (Å²) < 4.78 is 29.9. The molecule has 1 rings (SSSR count). The monoisotopic (exact) mass is 406 g/mol. The van der Waals surface area contributed by atoms with Crippen molar-refractivity contribution in [1.82, 2.24) is 20.3 Å². The molecular formula is C15H30N6O5S. The van der Waals surface area contributed by atoms with Crippen molar-refractivity contribution >= 4 is 22.0 Å². The summed E-state index contributed by atoms with van der Waals surface area (Å²) in [6, 6.07) is 0. The SMILES string of the molecule is O=S(=O)(O)CCCNc1ncnc(NCCCCCCNCC(O)CO)n1. The van der Waals surface area contributed by atoms with Gasteiger partial charge in [-0.2, -0.15) is 13.4 Å². The summed E-state index contributed by atoms with van der Waals surface area (Å²) in [5.41, 5.74) is 0. The summed E-state index contributed by atoms with van der Waals surface area (Å²) in [4.78, 5) is 12.2. The van der Waals surface area contributed by atoms with E-state index in [0.717, 1.165) is 38.8 Å². The molecule has 6 N–H and O–H groups in total. The van der Waals surface area contributed by atoms with E-state index in [4.69, 9.17) is 9.66 Å². The average Bonchev–Trinajstić information content (AvgIpc) is 2.63. The lowest BCUT2D eigenvalue weighted by atomic mass is 10.2. The maximum absolute atomic E-state index is 10.6. The molecule has 1 aromatic rings. The van der Waals surface area contributed by atoms with Gasteiger partial charge in [0.05, 0.1) is 18.5 Å². The Morgan fingerprint density at radius 3 is 2.15 bits per heavy atom. The lowest BCUT2D eigenvalue weighted by Gasteiger charge is -2.09. The van der Waals surface area contributed by atoms with E-state index >= 15 is 0 Å².